The van der Waals surface area contributed by atoms with Crippen molar-refractivity contribution in [3.63, 3.8) is 0 Å². The number of carbonyl (C=O) groups is 2. The molecule has 1 heterocycles. The minimum absolute atomic E-state index is 0.103. The van der Waals surface area contributed by atoms with E-state index < -0.39 is 11.3 Å². The third-order valence-electron chi connectivity index (χ3n) is 2.99. The summed E-state index contributed by atoms with van der Waals surface area (Å²) in [4.78, 5) is 25.0. The lowest BCUT2D eigenvalue weighted by atomic mass is 10.1. The molecule has 110 valence electrons. The third kappa shape index (κ3) is 4.49. The van der Waals surface area contributed by atoms with Gasteiger partial charge in [-0.3, -0.25) is 4.90 Å². The summed E-state index contributed by atoms with van der Waals surface area (Å²) in [7, 11) is 0. The number of ether oxygens (including phenoxy) is 2. The van der Waals surface area contributed by atoms with Crippen molar-refractivity contribution in [3.05, 3.63) is 0 Å². The van der Waals surface area contributed by atoms with Crippen LogP contribution in [0.25, 0.3) is 0 Å². The van der Waals surface area contributed by atoms with Gasteiger partial charge in [-0.05, 0) is 48.0 Å². The summed E-state index contributed by atoms with van der Waals surface area (Å²) in [6, 6.07) is -0.103. The Bertz CT molecular complexity index is 357. The lowest BCUT2D eigenvalue weighted by Crippen LogP contribution is -2.49. The van der Waals surface area contributed by atoms with Crippen molar-refractivity contribution in [1.29, 1.82) is 0 Å². The van der Waals surface area contributed by atoms with Gasteiger partial charge in [-0.15, -0.1) is 0 Å². The first-order valence-corrected chi connectivity index (χ1v) is 6.68. The zero-order chi connectivity index (χ0) is 14.8. The van der Waals surface area contributed by atoms with Crippen LogP contribution in [0.1, 0.15) is 54.4 Å². The molecule has 1 rings (SSSR count). The summed E-state index contributed by atoms with van der Waals surface area (Å²) in [6.45, 7) is 11.2. The average molecular weight is 271 g/mol. The first-order valence-electron chi connectivity index (χ1n) is 6.68. The molecule has 0 saturated carbocycles. The molecule has 0 aliphatic carbocycles. The number of Topliss-reactive ketones (excluding diaryl/α,β-unsaturated/α-hetero) is 1. The monoisotopic (exact) mass is 271 g/mol. The van der Waals surface area contributed by atoms with Crippen LogP contribution in [0.2, 0.25) is 0 Å². The summed E-state index contributed by atoms with van der Waals surface area (Å²) in [6.07, 6.45) is 0.671. The first-order chi connectivity index (χ1) is 8.53. The van der Waals surface area contributed by atoms with Crippen LogP contribution in [-0.2, 0) is 14.3 Å². The standard InChI is InChI=1S/C14H25NO4/c1-10(16)7-8-11-9-18-14(5,6)15(11)12(17)19-13(2,3)4/h11H,7-9H2,1-6H3/t11-/m0/s1. The molecular weight excluding hydrogens is 246 g/mol. The van der Waals surface area contributed by atoms with Gasteiger partial charge in [0.25, 0.3) is 0 Å². The van der Waals surface area contributed by atoms with E-state index in [0.29, 0.717) is 19.4 Å². The Hall–Kier alpha value is -1.10. The van der Waals surface area contributed by atoms with Crippen molar-refractivity contribution in [2.24, 2.45) is 0 Å². The van der Waals surface area contributed by atoms with Crippen molar-refractivity contribution in [2.45, 2.75) is 71.8 Å². The lowest BCUT2D eigenvalue weighted by Gasteiger charge is -2.35. The number of nitrogens with zero attached hydrogens (tertiary/aromatic N) is 1. The second kappa shape index (κ2) is 5.49. The molecule has 0 N–H and O–H groups in total. The Labute approximate surface area is 115 Å². The van der Waals surface area contributed by atoms with Gasteiger partial charge in [0.2, 0.25) is 0 Å². The molecule has 0 radical (unpaired) electrons. The van der Waals surface area contributed by atoms with E-state index >= 15 is 0 Å². The normalized spacial score (nSPS) is 22.4. The van der Waals surface area contributed by atoms with E-state index in [4.69, 9.17) is 9.47 Å². The first kappa shape index (κ1) is 16.0. The van der Waals surface area contributed by atoms with Crippen molar-refractivity contribution < 1.29 is 19.1 Å². The molecule has 1 amide bonds. The second-order valence-electron chi connectivity index (χ2n) is 6.50. The van der Waals surface area contributed by atoms with Gasteiger partial charge in [0.05, 0.1) is 12.6 Å². The molecule has 0 aromatic carbocycles. The van der Waals surface area contributed by atoms with Crippen molar-refractivity contribution in [3.8, 4) is 0 Å². The molecule has 5 heteroatoms. The molecular formula is C14H25NO4. The number of hydrogen-bond acceptors (Lipinski definition) is 4. The second-order valence-corrected chi connectivity index (χ2v) is 6.50. The predicted octanol–water partition coefficient (Wildman–Crippen LogP) is 2.73. The third-order valence-corrected chi connectivity index (χ3v) is 2.99. The molecule has 1 fully saturated rings. The Morgan fingerprint density at radius 3 is 2.42 bits per heavy atom. The van der Waals surface area contributed by atoms with Crippen LogP contribution in [-0.4, -0.2) is 40.8 Å². The van der Waals surface area contributed by atoms with Gasteiger partial charge < -0.3 is 14.3 Å². The average Bonchev–Trinajstić information content (AvgIpc) is 2.47. The van der Waals surface area contributed by atoms with Gasteiger partial charge in [-0.1, -0.05) is 0 Å². The van der Waals surface area contributed by atoms with E-state index in [2.05, 4.69) is 0 Å². The van der Waals surface area contributed by atoms with Crippen molar-refractivity contribution in [1.82, 2.24) is 4.90 Å². The molecule has 0 spiro atoms. The van der Waals surface area contributed by atoms with Crippen LogP contribution in [0.4, 0.5) is 4.79 Å². The zero-order valence-corrected chi connectivity index (χ0v) is 12.8. The number of hydrogen-bond donors (Lipinski definition) is 0. The number of rotatable bonds is 3. The van der Waals surface area contributed by atoms with E-state index in [1.807, 2.05) is 34.6 Å². The minimum Gasteiger partial charge on any atom is -0.444 e. The van der Waals surface area contributed by atoms with E-state index in [0.717, 1.165) is 0 Å². The summed E-state index contributed by atoms with van der Waals surface area (Å²) in [5.74, 6) is 0.119. The van der Waals surface area contributed by atoms with Crippen molar-refractivity contribution >= 4 is 11.9 Å². The number of amides is 1. The van der Waals surface area contributed by atoms with Crippen LogP contribution in [0.15, 0.2) is 0 Å². The Morgan fingerprint density at radius 2 is 1.95 bits per heavy atom. The minimum atomic E-state index is -0.691. The molecule has 0 aromatic rings. The molecule has 1 aliphatic rings. The highest BCUT2D eigenvalue weighted by Gasteiger charge is 2.45. The molecule has 0 aromatic heterocycles. The van der Waals surface area contributed by atoms with Crippen LogP contribution >= 0.6 is 0 Å². The van der Waals surface area contributed by atoms with Gasteiger partial charge in [-0.25, -0.2) is 4.79 Å². The van der Waals surface area contributed by atoms with Gasteiger partial charge in [0.1, 0.15) is 17.1 Å². The topological polar surface area (TPSA) is 55.8 Å². The highest BCUT2D eigenvalue weighted by atomic mass is 16.6. The van der Waals surface area contributed by atoms with E-state index in [1.54, 1.807) is 11.8 Å². The van der Waals surface area contributed by atoms with Gasteiger partial charge in [0, 0.05) is 6.42 Å². The fourth-order valence-electron chi connectivity index (χ4n) is 2.15. The van der Waals surface area contributed by atoms with Crippen LogP contribution in [0.3, 0.4) is 0 Å². The summed E-state index contributed by atoms with van der Waals surface area (Å²) < 4.78 is 11.1. The largest absolute Gasteiger partial charge is 0.444 e. The maximum atomic E-state index is 12.3. The van der Waals surface area contributed by atoms with Crippen LogP contribution < -0.4 is 0 Å². The highest BCUT2D eigenvalue weighted by molar-refractivity contribution is 5.75. The maximum absolute atomic E-state index is 12.3. The molecule has 5 nitrogen and oxygen atoms in total. The molecule has 0 unspecified atom stereocenters. The Kier molecular flexibility index (Phi) is 4.61. The smallest absolute Gasteiger partial charge is 0.412 e. The maximum Gasteiger partial charge on any atom is 0.412 e. The fraction of sp³-hybridized carbons (Fsp3) is 0.857. The number of carbonyl (C=O) groups excluding carboxylic acids is 2. The van der Waals surface area contributed by atoms with E-state index in [-0.39, 0.29) is 17.9 Å². The molecule has 1 saturated heterocycles. The molecule has 0 bridgehead atoms. The summed E-state index contributed by atoms with van der Waals surface area (Å²) in [5, 5.41) is 0. The lowest BCUT2D eigenvalue weighted by molar-refractivity contribution is -0.117. The Morgan fingerprint density at radius 1 is 1.37 bits per heavy atom. The quantitative estimate of drug-likeness (QED) is 0.792. The number of ketones is 1. The highest BCUT2D eigenvalue weighted by Crippen LogP contribution is 2.31. The molecule has 1 atom stereocenters. The van der Waals surface area contributed by atoms with E-state index in [1.165, 1.54) is 0 Å². The van der Waals surface area contributed by atoms with Gasteiger partial charge >= 0.3 is 6.09 Å². The molecule has 1 aliphatic heterocycles. The zero-order valence-electron chi connectivity index (χ0n) is 12.8. The predicted molar refractivity (Wildman–Crippen MR) is 71.8 cm³/mol. The van der Waals surface area contributed by atoms with Crippen LogP contribution in [0.5, 0.6) is 0 Å². The fourth-order valence-corrected chi connectivity index (χ4v) is 2.15. The van der Waals surface area contributed by atoms with Crippen molar-refractivity contribution in [2.75, 3.05) is 6.61 Å². The Balaban J connectivity index is 2.78. The van der Waals surface area contributed by atoms with E-state index in [9.17, 15) is 9.59 Å². The summed E-state index contributed by atoms with van der Waals surface area (Å²) in [5.41, 5.74) is -1.23. The van der Waals surface area contributed by atoms with Gasteiger partial charge in [-0.2, -0.15) is 0 Å². The van der Waals surface area contributed by atoms with Gasteiger partial charge in [0.15, 0.2) is 0 Å². The SMILES string of the molecule is CC(=O)CC[C@H]1COC(C)(C)N1C(=O)OC(C)(C)C. The molecule has 19 heavy (non-hydrogen) atoms. The van der Waals surface area contributed by atoms with Crippen LogP contribution in [0, 0.1) is 0 Å². The summed E-state index contributed by atoms with van der Waals surface area (Å²) >= 11 is 0.